The second-order valence-electron chi connectivity index (χ2n) is 4.19. The predicted octanol–water partition coefficient (Wildman–Crippen LogP) is 3.45. The zero-order valence-corrected chi connectivity index (χ0v) is 11.2. The number of fused-ring (bicyclic) bond motifs is 1. The van der Waals surface area contributed by atoms with Crippen LogP contribution >= 0.6 is 15.9 Å². The molecule has 0 saturated heterocycles. The highest BCUT2D eigenvalue weighted by molar-refractivity contribution is 9.10. The Labute approximate surface area is 113 Å². The number of nitrogens with two attached hydrogens (primary N) is 1. The van der Waals surface area contributed by atoms with Gasteiger partial charge in [0.25, 0.3) is 0 Å². The van der Waals surface area contributed by atoms with Crippen molar-refractivity contribution in [2.75, 3.05) is 0 Å². The van der Waals surface area contributed by atoms with Crippen LogP contribution in [0.15, 0.2) is 46.9 Å². The van der Waals surface area contributed by atoms with Crippen molar-refractivity contribution < 1.29 is 0 Å². The average Bonchev–Trinajstić information content (AvgIpc) is 2.87. The predicted molar refractivity (Wildman–Crippen MR) is 77.1 cm³/mol. The molecule has 0 radical (unpaired) electrons. The Kier molecular flexibility index (Phi) is 2.89. The maximum absolute atomic E-state index is 5.57. The molecule has 0 spiro atoms. The van der Waals surface area contributed by atoms with Crippen LogP contribution in [0.25, 0.3) is 22.0 Å². The largest absolute Gasteiger partial charge is 0.325 e. The number of hydrogen-bond donors (Lipinski definition) is 2. The van der Waals surface area contributed by atoms with Gasteiger partial charge in [-0.3, -0.25) is 5.10 Å². The fraction of sp³-hybridized carbons (Fsp3) is 0.0714. The van der Waals surface area contributed by atoms with Crippen molar-refractivity contribution in [1.29, 1.82) is 0 Å². The molecule has 3 nitrogen and oxygen atoms in total. The van der Waals surface area contributed by atoms with Crippen LogP contribution in [-0.2, 0) is 6.54 Å². The zero-order valence-electron chi connectivity index (χ0n) is 9.65. The van der Waals surface area contributed by atoms with E-state index in [9.17, 15) is 0 Å². The minimum atomic E-state index is 0.480. The summed E-state index contributed by atoms with van der Waals surface area (Å²) < 4.78 is 1.09. The molecule has 0 aliphatic rings. The fourth-order valence-electron chi connectivity index (χ4n) is 1.99. The highest BCUT2D eigenvalue weighted by Crippen LogP contribution is 2.25. The number of nitrogens with zero attached hydrogens (tertiary/aromatic N) is 1. The van der Waals surface area contributed by atoms with Gasteiger partial charge in [0.2, 0.25) is 0 Å². The molecule has 0 bridgehead atoms. The summed E-state index contributed by atoms with van der Waals surface area (Å²) in [5.41, 5.74) is 8.55. The summed E-state index contributed by atoms with van der Waals surface area (Å²) >= 11 is 3.48. The summed E-state index contributed by atoms with van der Waals surface area (Å²) in [6.07, 6.45) is 0. The van der Waals surface area contributed by atoms with Crippen LogP contribution in [-0.4, -0.2) is 10.2 Å². The first-order chi connectivity index (χ1) is 8.76. The maximum atomic E-state index is 5.57. The lowest BCUT2D eigenvalue weighted by Gasteiger charge is -2.01. The van der Waals surface area contributed by atoms with E-state index in [4.69, 9.17) is 5.73 Å². The van der Waals surface area contributed by atoms with E-state index in [1.165, 1.54) is 10.8 Å². The van der Waals surface area contributed by atoms with Gasteiger partial charge < -0.3 is 5.73 Å². The molecule has 3 rings (SSSR count). The van der Waals surface area contributed by atoms with Gasteiger partial charge in [-0.15, -0.1) is 0 Å². The molecular formula is C14H12BrN3. The fourth-order valence-corrected chi connectivity index (χ4v) is 2.37. The van der Waals surface area contributed by atoms with Gasteiger partial charge in [-0.1, -0.05) is 34.1 Å². The normalized spacial score (nSPS) is 11.0. The Morgan fingerprint density at radius 3 is 2.61 bits per heavy atom. The third kappa shape index (κ3) is 2.05. The van der Waals surface area contributed by atoms with Crippen LogP contribution in [0, 0.1) is 0 Å². The first-order valence-electron chi connectivity index (χ1n) is 5.70. The molecule has 0 unspecified atom stereocenters. The van der Waals surface area contributed by atoms with Gasteiger partial charge >= 0.3 is 0 Å². The van der Waals surface area contributed by atoms with Gasteiger partial charge in [0.05, 0.1) is 5.69 Å². The number of rotatable bonds is 2. The van der Waals surface area contributed by atoms with E-state index in [0.717, 1.165) is 21.4 Å². The van der Waals surface area contributed by atoms with E-state index in [0.29, 0.717) is 6.54 Å². The molecule has 0 aliphatic carbocycles. The lowest BCUT2D eigenvalue weighted by Crippen LogP contribution is -1.95. The number of hydrogen-bond acceptors (Lipinski definition) is 2. The number of aromatic amines is 1. The lowest BCUT2D eigenvalue weighted by atomic mass is 10.1. The van der Waals surface area contributed by atoms with Crippen molar-refractivity contribution in [3.63, 3.8) is 0 Å². The number of nitrogens with one attached hydrogen (secondary N) is 1. The van der Waals surface area contributed by atoms with Crippen molar-refractivity contribution in [3.8, 4) is 11.3 Å². The molecule has 1 aromatic heterocycles. The molecule has 4 heteroatoms. The Morgan fingerprint density at radius 1 is 1.06 bits per heavy atom. The van der Waals surface area contributed by atoms with E-state index in [2.05, 4.69) is 56.5 Å². The Morgan fingerprint density at radius 2 is 1.83 bits per heavy atom. The van der Waals surface area contributed by atoms with Gasteiger partial charge in [-0.25, -0.2) is 0 Å². The third-order valence-corrected chi connectivity index (χ3v) is 3.44. The highest BCUT2D eigenvalue weighted by atomic mass is 79.9. The van der Waals surface area contributed by atoms with Crippen molar-refractivity contribution >= 4 is 26.7 Å². The van der Waals surface area contributed by atoms with E-state index >= 15 is 0 Å². The van der Waals surface area contributed by atoms with Gasteiger partial charge in [0, 0.05) is 22.3 Å². The highest BCUT2D eigenvalue weighted by Gasteiger charge is 2.04. The van der Waals surface area contributed by atoms with Crippen LogP contribution in [0.1, 0.15) is 5.69 Å². The molecule has 2 aromatic carbocycles. The number of aromatic nitrogens is 2. The Bertz CT molecular complexity index is 703. The van der Waals surface area contributed by atoms with Crippen molar-refractivity contribution in [3.05, 3.63) is 52.6 Å². The molecule has 3 aromatic rings. The lowest BCUT2D eigenvalue weighted by molar-refractivity contribution is 0.948. The van der Waals surface area contributed by atoms with Gasteiger partial charge in [-0.05, 0) is 35.0 Å². The minimum absolute atomic E-state index is 0.480. The molecule has 90 valence electrons. The first-order valence-corrected chi connectivity index (χ1v) is 6.49. The number of benzene rings is 2. The van der Waals surface area contributed by atoms with E-state index in [1.807, 2.05) is 12.1 Å². The topological polar surface area (TPSA) is 54.7 Å². The summed E-state index contributed by atoms with van der Waals surface area (Å²) in [7, 11) is 0. The summed E-state index contributed by atoms with van der Waals surface area (Å²) in [5.74, 6) is 0. The average molecular weight is 302 g/mol. The smallest absolute Gasteiger partial charge is 0.0924 e. The van der Waals surface area contributed by atoms with Crippen LogP contribution < -0.4 is 5.73 Å². The van der Waals surface area contributed by atoms with Crippen molar-refractivity contribution in [2.24, 2.45) is 5.73 Å². The molecule has 0 atom stereocenters. The zero-order chi connectivity index (χ0) is 12.5. The monoisotopic (exact) mass is 301 g/mol. The minimum Gasteiger partial charge on any atom is -0.325 e. The molecule has 0 fully saturated rings. The SMILES string of the molecule is NCc1cc(-c2ccc3cc(Br)ccc3c2)n[nH]1. The van der Waals surface area contributed by atoms with Gasteiger partial charge in [-0.2, -0.15) is 5.10 Å². The molecular weight excluding hydrogens is 290 g/mol. The van der Waals surface area contributed by atoms with Crippen LogP contribution in [0.2, 0.25) is 0 Å². The summed E-state index contributed by atoms with van der Waals surface area (Å²) in [6.45, 7) is 0.480. The maximum Gasteiger partial charge on any atom is 0.0924 e. The number of halogens is 1. The van der Waals surface area contributed by atoms with Crippen molar-refractivity contribution in [1.82, 2.24) is 10.2 Å². The third-order valence-electron chi connectivity index (χ3n) is 2.95. The molecule has 18 heavy (non-hydrogen) atoms. The van der Waals surface area contributed by atoms with Gasteiger partial charge in [0.15, 0.2) is 0 Å². The molecule has 0 aliphatic heterocycles. The Hall–Kier alpha value is -1.65. The first kappa shape index (κ1) is 11.4. The summed E-state index contributed by atoms with van der Waals surface area (Å²) in [6, 6.07) is 14.5. The quantitative estimate of drug-likeness (QED) is 0.762. The van der Waals surface area contributed by atoms with E-state index in [1.54, 1.807) is 0 Å². The van der Waals surface area contributed by atoms with Crippen molar-refractivity contribution in [2.45, 2.75) is 6.54 Å². The Balaban J connectivity index is 2.10. The molecule has 3 N–H and O–H groups in total. The number of H-pyrrole nitrogens is 1. The van der Waals surface area contributed by atoms with Crippen LogP contribution in [0.5, 0.6) is 0 Å². The molecule has 0 saturated carbocycles. The molecule has 1 heterocycles. The van der Waals surface area contributed by atoms with E-state index in [-0.39, 0.29) is 0 Å². The van der Waals surface area contributed by atoms with Gasteiger partial charge in [0.1, 0.15) is 0 Å². The second kappa shape index (κ2) is 4.55. The molecule has 0 amide bonds. The van der Waals surface area contributed by atoms with Crippen LogP contribution in [0.4, 0.5) is 0 Å². The second-order valence-corrected chi connectivity index (χ2v) is 5.10. The summed E-state index contributed by atoms with van der Waals surface area (Å²) in [5, 5.41) is 9.61. The van der Waals surface area contributed by atoms with E-state index < -0.39 is 0 Å². The standard InChI is InChI=1S/C14H12BrN3/c15-12-4-3-9-5-11(2-1-10(9)6-12)14-7-13(8-16)17-18-14/h1-7H,8,16H2,(H,17,18). The summed E-state index contributed by atoms with van der Waals surface area (Å²) in [4.78, 5) is 0. The van der Waals surface area contributed by atoms with Crippen LogP contribution in [0.3, 0.4) is 0 Å².